The molecule has 0 bridgehead atoms. The minimum Gasteiger partial charge on any atom is -0.327 e. The van der Waals surface area contributed by atoms with Crippen LogP contribution in [0.25, 0.3) is 0 Å². The highest BCUT2D eigenvalue weighted by Crippen LogP contribution is 2.27. The van der Waals surface area contributed by atoms with E-state index in [-0.39, 0.29) is 0 Å². The highest BCUT2D eigenvalue weighted by Gasteiger charge is 2.31. The molecule has 0 aromatic heterocycles. The molecule has 1 heterocycles. The molecule has 0 spiro atoms. The van der Waals surface area contributed by atoms with Crippen LogP contribution in [-0.4, -0.2) is 29.6 Å². The minimum atomic E-state index is 0.312. The van der Waals surface area contributed by atoms with Crippen molar-refractivity contribution in [2.45, 2.75) is 45.2 Å². The lowest BCUT2D eigenvalue weighted by Gasteiger charge is -2.32. The Balaban J connectivity index is 2.45. The Morgan fingerprint density at radius 3 is 2.55 bits per heavy atom. The number of hydrogen-bond donors (Lipinski definition) is 1. The molecule has 0 amide bonds. The maximum absolute atomic E-state index is 5.75. The van der Waals surface area contributed by atoms with Crippen molar-refractivity contribution in [1.82, 2.24) is 4.90 Å². The van der Waals surface area contributed by atoms with Crippen LogP contribution in [0.4, 0.5) is 0 Å². The van der Waals surface area contributed by atoms with E-state index in [2.05, 4.69) is 25.7 Å². The first kappa shape index (κ1) is 9.01. The van der Waals surface area contributed by atoms with Crippen LogP contribution in [0.5, 0.6) is 0 Å². The minimum absolute atomic E-state index is 0.312. The van der Waals surface area contributed by atoms with E-state index in [1.165, 1.54) is 19.4 Å². The molecule has 1 aliphatic rings. The van der Waals surface area contributed by atoms with E-state index in [4.69, 9.17) is 5.73 Å². The van der Waals surface area contributed by atoms with Crippen LogP contribution >= 0.6 is 0 Å². The number of likely N-dealkylation sites (tertiary alicyclic amines) is 1. The van der Waals surface area contributed by atoms with Gasteiger partial charge in [0.15, 0.2) is 0 Å². The second kappa shape index (κ2) is 3.11. The molecule has 0 aromatic carbocycles. The van der Waals surface area contributed by atoms with E-state index in [0.717, 1.165) is 6.54 Å². The largest absolute Gasteiger partial charge is 0.327 e. The van der Waals surface area contributed by atoms with E-state index >= 15 is 0 Å². The van der Waals surface area contributed by atoms with Gasteiger partial charge in [-0.25, -0.2) is 0 Å². The van der Waals surface area contributed by atoms with Gasteiger partial charge in [-0.3, -0.25) is 4.90 Å². The van der Waals surface area contributed by atoms with Gasteiger partial charge in [-0.1, -0.05) is 0 Å². The molecule has 0 radical (unpaired) electrons. The van der Waals surface area contributed by atoms with Crippen LogP contribution in [0.2, 0.25) is 0 Å². The van der Waals surface area contributed by atoms with Crippen molar-refractivity contribution < 1.29 is 0 Å². The van der Waals surface area contributed by atoms with Gasteiger partial charge in [0, 0.05) is 18.1 Å². The average Bonchev–Trinajstić information content (AvgIpc) is 2.10. The zero-order valence-corrected chi connectivity index (χ0v) is 7.93. The van der Waals surface area contributed by atoms with E-state index in [1.807, 2.05) is 0 Å². The second-order valence-corrected chi connectivity index (χ2v) is 4.34. The third kappa shape index (κ3) is 2.17. The standard InChI is InChI=1S/C9H20N2/c1-8(10)7-11-6-4-5-9(11,2)3/h8H,4-7,10H2,1-3H3. The molecule has 0 saturated carbocycles. The molecule has 2 nitrogen and oxygen atoms in total. The van der Waals surface area contributed by atoms with Crippen LogP contribution < -0.4 is 5.73 Å². The quantitative estimate of drug-likeness (QED) is 0.651. The highest BCUT2D eigenvalue weighted by atomic mass is 15.2. The normalized spacial score (nSPS) is 27.3. The Labute approximate surface area is 69.8 Å². The van der Waals surface area contributed by atoms with E-state index < -0.39 is 0 Å². The summed E-state index contributed by atoms with van der Waals surface area (Å²) in [6.45, 7) is 8.97. The zero-order valence-electron chi connectivity index (χ0n) is 7.93. The lowest BCUT2D eigenvalue weighted by molar-refractivity contribution is 0.167. The van der Waals surface area contributed by atoms with Gasteiger partial charge in [-0.2, -0.15) is 0 Å². The van der Waals surface area contributed by atoms with Gasteiger partial charge >= 0.3 is 0 Å². The van der Waals surface area contributed by atoms with Crippen molar-refractivity contribution in [3.63, 3.8) is 0 Å². The van der Waals surface area contributed by atoms with Crippen LogP contribution in [-0.2, 0) is 0 Å². The fourth-order valence-corrected chi connectivity index (χ4v) is 1.85. The first-order chi connectivity index (χ1) is 5.02. The molecule has 1 saturated heterocycles. The van der Waals surface area contributed by atoms with E-state index in [9.17, 15) is 0 Å². The van der Waals surface area contributed by atoms with Crippen LogP contribution in [0.1, 0.15) is 33.6 Å². The Morgan fingerprint density at radius 2 is 2.18 bits per heavy atom. The Morgan fingerprint density at radius 1 is 1.55 bits per heavy atom. The van der Waals surface area contributed by atoms with Gasteiger partial charge < -0.3 is 5.73 Å². The fraction of sp³-hybridized carbons (Fsp3) is 1.00. The molecular weight excluding hydrogens is 136 g/mol. The highest BCUT2D eigenvalue weighted by molar-refractivity contribution is 4.88. The predicted molar refractivity (Wildman–Crippen MR) is 48.5 cm³/mol. The van der Waals surface area contributed by atoms with Crippen molar-refractivity contribution in [3.8, 4) is 0 Å². The number of hydrogen-bond acceptors (Lipinski definition) is 2. The number of rotatable bonds is 2. The fourth-order valence-electron chi connectivity index (χ4n) is 1.85. The molecule has 1 rings (SSSR count). The summed E-state index contributed by atoms with van der Waals surface area (Å²) in [7, 11) is 0. The molecule has 11 heavy (non-hydrogen) atoms. The van der Waals surface area contributed by atoms with E-state index in [1.54, 1.807) is 0 Å². The summed E-state index contributed by atoms with van der Waals surface area (Å²) in [5.41, 5.74) is 6.15. The van der Waals surface area contributed by atoms with Crippen molar-refractivity contribution in [3.05, 3.63) is 0 Å². The lowest BCUT2D eigenvalue weighted by atomic mass is 10.0. The average molecular weight is 156 g/mol. The molecule has 1 fully saturated rings. The van der Waals surface area contributed by atoms with Crippen molar-refractivity contribution in [1.29, 1.82) is 0 Å². The summed E-state index contributed by atoms with van der Waals surface area (Å²) in [5.74, 6) is 0. The smallest absolute Gasteiger partial charge is 0.0154 e. The lowest BCUT2D eigenvalue weighted by Crippen LogP contribution is -2.44. The topological polar surface area (TPSA) is 29.3 Å². The maximum atomic E-state index is 5.75. The number of nitrogens with two attached hydrogens (primary N) is 1. The molecule has 1 atom stereocenters. The Kier molecular flexibility index (Phi) is 2.55. The number of nitrogens with zero attached hydrogens (tertiary/aromatic N) is 1. The molecule has 1 unspecified atom stereocenters. The Hall–Kier alpha value is -0.0800. The van der Waals surface area contributed by atoms with Gasteiger partial charge in [0.1, 0.15) is 0 Å². The molecule has 0 aromatic rings. The molecule has 2 heteroatoms. The van der Waals surface area contributed by atoms with Crippen LogP contribution in [0.3, 0.4) is 0 Å². The van der Waals surface area contributed by atoms with Crippen molar-refractivity contribution >= 4 is 0 Å². The predicted octanol–water partition coefficient (Wildman–Crippen LogP) is 1.21. The second-order valence-electron chi connectivity index (χ2n) is 4.34. The molecule has 2 N–H and O–H groups in total. The van der Waals surface area contributed by atoms with E-state index in [0.29, 0.717) is 11.6 Å². The first-order valence-electron chi connectivity index (χ1n) is 4.53. The maximum Gasteiger partial charge on any atom is 0.0154 e. The van der Waals surface area contributed by atoms with Crippen molar-refractivity contribution in [2.24, 2.45) is 5.73 Å². The summed E-state index contributed by atoms with van der Waals surface area (Å²) in [6.07, 6.45) is 2.65. The third-order valence-electron chi connectivity index (χ3n) is 2.58. The summed E-state index contributed by atoms with van der Waals surface area (Å²) in [4.78, 5) is 2.50. The molecule has 66 valence electrons. The summed E-state index contributed by atoms with van der Waals surface area (Å²) in [5, 5.41) is 0. The third-order valence-corrected chi connectivity index (χ3v) is 2.58. The summed E-state index contributed by atoms with van der Waals surface area (Å²) in [6, 6.07) is 0.312. The van der Waals surface area contributed by atoms with Gasteiger partial charge in [0.25, 0.3) is 0 Å². The van der Waals surface area contributed by atoms with Crippen molar-refractivity contribution in [2.75, 3.05) is 13.1 Å². The molecule has 1 aliphatic heterocycles. The van der Waals surface area contributed by atoms with Gasteiger partial charge in [0.05, 0.1) is 0 Å². The summed E-state index contributed by atoms with van der Waals surface area (Å²) < 4.78 is 0. The molecular formula is C9H20N2. The van der Waals surface area contributed by atoms with Gasteiger partial charge in [0.2, 0.25) is 0 Å². The summed E-state index contributed by atoms with van der Waals surface area (Å²) >= 11 is 0. The first-order valence-corrected chi connectivity index (χ1v) is 4.53. The Bertz CT molecular complexity index is 130. The van der Waals surface area contributed by atoms with Crippen LogP contribution in [0.15, 0.2) is 0 Å². The monoisotopic (exact) mass is 156 g/mol. The van der Waals surface area contributed by atoms with Crippen LogP contribution in [0, 0.1) is 0 Å². The van der Waals surface area contributed by atoms with Gasteiger partial charge in [-0.05, 0) is 40.2 Å². The zero-order chi connectivity index (χ0) is 8.48. The molecule has 0 aliphatic carbocycles. The van der Waals surface area contributed by atoms with Gasteiger partial charge in [-0.15, -0.1) is 0 Å². The SMILES string of the molecule is CC(N)CN1CCCC1(C)C.